The Morgan fingerprint density at radius 2 is 2.11 bits per heavy atom. The second-order valence-corrected chi connectivity index (χ2v) is 3.40. The largest absolute Gasteiger partial charge is 0.480 e. The maximum atomic E-state index is 11.5. The van der Waals surface area contributed by atoms with Crippen molar-refractivity contribution >= 4 is 17.8 Å². The van der Waals surface area contributed by atoms with Crippen molar-refractivity contribution < 1.29 is 19.5 Å². The molecule has 96 valence electrons. The van der Waals surface area contributed by atoms with Gasteiger partial charge < -0.3 is 15.7 Å². The first-order chi connectivity index (χ1) is 8.50. The Morgan fingerprint density at radius 1 is 1.39 bits per heavy atom. The van der Waals surface area contributed by atoms with Gasteiger partial charge in [0.15, 0.2) is 0 Å². The molecule has 0 fully saturated rings. The van der Waals surface area contributed by atoms with Gasteiger partial charge in [-0.1, -0.05) is 0 Å². The molecule has 2 amide bonds. The van der Waals surface area contributed by atoms with Crippen LogP contribution in [0, 0.1) is 0 Å². The monoisotopic (exact) mass is 252 g/mol. The van der Waals surface area contributed by atoms with Crippen molar-refractivity contribution in [1.82, 2.24) is 20.6 Å². The molecule has 0 aromatic carbocycles. The Kier molecular flexibility index (Phi) is 4.73. The lowest BCUT2D eigenvalue weighted by Crippen LogP contribution is -2.44. The highest BCUT2D eigenvalue weighted by Crippen LogP contribution is 1.89. The minimum Gasteiger partial charge on any atom is -0.480 e. The van der Waals surface area contributed by atoms with Crippen molar-refractivity contribution in [2.24, 2.45) is 0 Å². The summed E-state index contributed by atoms with van der Waals surface area (Å²) in [5, 5.41) is 13.1. The molecule has 8 heteroatoms. The van der Waals surface area contributed by atoms with E-state index in [9.17, 15) is 14.4 Å². The van der Waals surface area contributed by atoms with Gasteiger partial charge in [-0.15, -0.1) is 0 Å². The molecule has 0 aliphatic carbocycles. The SMILES string of the molecule is CC(NC(=O)CNC(=O)c1cnccn1)C(=O)O. The summed E-state index contributed by atoms with van der Waals surface area (Å²) < 4.78 is 0. The number of hydrogen-bond donors (Lipinski definition) is 3. The first kappa shape index (κ1) is 13.6. The summed E-state index contributed by atoms with van der Waals surface area (Å²) in [4.78, 5) is 40.6. The predicted octanol–water partition coefficient (Wildman–Crippen LogP) is -1.20. The van der Waals surface area contributed by atoms with E-state index in [1.807, 2.05) is 0 Å². The lowest BCUT2D eigenvalue weighted by molar-refractivity contribution is -0.141. The predicted molar refractivity (Wildman–Crippen MR) is 59.6 cm³/mol. The molecule has 0 bridgehead atoms. The zero-order valence-electron chi connectivity index (χ0n) is 9.58. The number of rotatable bonds is 5. The van der Waals surface area contributed by atoms with Crippen LogP contribution in [0.3, 0.4) is 0 Å². The van der Waals surface area contributed by atoms with Crippen molar-refractivity contribution in [2.45, 2.75) is 13.0 Å². The van der Waals surface area contributed by atoms with E-state index in [2.05, 4.69) is 20.6 Å². The summed E-state index contributed by atoms with van der Waals surface area (Å²) in [5.41, 5.74) is 0.0802. The number of aromatic nitrogens is 2. The minimum atomic E-state index is -1.15. The van der Waals surface area contributed by atoms with Crippen LogP contribution >= 0.6 is 0 Å². The van der Waals surface area contributed by atoms with E-state index in [1.165, 1.54) is 25.5 Å². The highest BCUT2D eigenvalue weighted by Gasteiger charge is 2.15. The van der Waals surface area contributed by atoms with E-state index >= 15 is 0 Å². The average Bonchev–Trinajstić information content (AvgIpc) is 2.36. The number of carboxylic acid groups (broad SMARTS) is 1. The van der Waals surface area contributed by atoms with Gasteiger partial charge in [0, 0.05) is 12.4 Å². The first-order valence-corrected chi connectivity index (χ1v) is 5.07. The van der Waals surface area contributed by atoms with Crippen LogP contribution in [0.4, 0.5) is 0 Å². The zero-order chi connectivity index (χ0) is 13.5. The Bertz CT molecular complexity index is 448. The van der Waals surface area contributed by atoms with Crippen molar-refractivity contribution in [3.8, 4) is 0 Å². The van der Waals surface area contributed by atoms with Gasteiger partial charge in [0.2, 0.25) is 5.91 Å². The van der Waals surface area contributed by atoms with Crippen LogP contribution in [0.2, 0.25) is 0 Å². The zero-order valence-corrected chi connectivity index (χ0v) is 9.58. The van der Waals surface area contributed by atoms with Crippen molar-refractivity contribution in [3.05, 3.63) is 24.3 Å². The van der Waals surface area contributed by atoms with Crippen molar-refractivity contribution in [3.63, 3.8) is 0 Å². The van der Waals surface area contributed by atoms with Crippen LogP contribution in [0.1, 0.15) is 17.4 Å². The van der Waals surface area contributed by atoms with Gasteiger partial charge in [-0.25, -0.2) is 4.98 Å². The molecule has 0 aliphatic rings. The fourth-order valence-electron chi connectivity index (χ4n) is 1.02. The third-order valence-electron chi connectivity index (χ3n) is 1.95. The summed E-state index contributed by atoms with van der Waals surface area (Å²) in [6.45, 7) is 0.998. The summed E-state index contributed by atoms with van der Waals surface area (Å²) in [6.07, 6.45) is 4.02. The number of carbonyl (C=O) groups excluding carboxylic acids is 2. The van der Waals surface area contributed by atoms with E-state index in [0.29, 0.717) is 0 Å². The average molecular weight is 252 g/mol. The Labute approximate surface area is 102 Å². The molecule has 1 unspecified atom stereocenters. The third-order valence-corrected chi connectivity index (χ3v) is 1.95. The molecule has 0 saturated carbocycles. The number of carbonyl (C=O) groups is 3. The summed E-state index contributed by atoms with van der Waals surface area (Å²) >= 11 is 0. The minimum absolute atomic E-state index is 0.0802. The van der Waals surface area contributed by atoms with Gasteiger partial charge in [0.25, 0.3) is 5.91 Å². The summed E-state index contributed by atoms with van der Waals surface area (Å²) in [7, 11) is 0. The van der Waals surface area contributed by atoms with E-state index in [-0.39, 0.29) is 12.2 Å². The molecule has 18 heavy (non-hydrogen) atoms. The molecule has 0 aliphatic heterocycles. The molecule has 1 rings (SSSR count). The molecular formula is C10H12N4O4. The molecule has 3 N–H and O–H groups in total. The highest BCUT2D eigenvalue weighted by molar-refractivity contribution is 5.95. The van der Waals surface area contributed by atoms with Crippen LogP contribution in [0.25, 0.3) is 0 Å². The number of nitrogens with one attached hydrogen (secondary N) is 2. The number of aliphatic carboxylic acids is 1. The maximum Gasteiger partial charge on any atom is 0.325 e. The molecule has 1 aromatic heterocycles. The smallest absolute Gasteiger partial charge is 0.325 e. The van der Waals surface area contributed by atoms with Gasteiger partial charge in [0.05, 0.1) is 12.7 Å². The van der Waals surface area contributed by atoms with E-state index in [4.69, 9.17) is 5.11 Å². The number of nitrogens with zero attached hydrogens (tertiary/aromatic N) is 2. The van der Waals surface area contributed by atoms with Crippen LogP contribution in [-0.2, 0) is 9.59 Å². The first-order valence-electron chi connectivity index (χ1n) is 5.07. The van der Waals surface area contributed by atoms with Gasteiger partial charge in [0.1, 0.15) is 11.7 Å². The Hall–Kier alpha value is -2.51. The van der Waals surface area contributed by atoms with E-state index in [0.717, 1.165) is 0 Å². The number of carboxylic acids is 1. The fourth-order valence-corrected chi connectivity index (χ4v) is 1.02. The fraction of sp³-hybridized carbons (Fsp3) is 0.300. The van der Waals surface area contributed by atoms with Gasteiger partial charge in [-0.3, -0.25) is 19.4 Å². The Morgan fingerprint density at radius 3 is 2.67 bits per heavy atom. The second-order valence-electron chi connectivity index (χ2n) is 3.40. The standard InChI is InChI=1S/C10H12N4O4/c1-6(10(17)18)14-8(15)5-13-9(16)7-4-11-2-3-12-7/h2-4,6H,5H2,1H3,(H,13,16)(H,14,15)(H,17,18). The molecule has 1 aromatic rings. The lowest BCUT2D eigenvalue weighted by Gasteiger charge is -2.09. The molecule has 1 atom stereocenters. The maximum absolute atomic E-state index is 11.5. The molecule has 0 spiro atoms. The van der Waals surface area contributed by atoms with Gasteiger partial charge in [-0.2, -0.15) is 0 Å². The quantitative estimate of drug-likeness (QED) is 0.605. The topological polar surface area (TPSA) is 121 Å². The third kappa shape index (κ3) is 4.16. The van der Waals surface area contributed by atoms with E-state index < -0.39 is 23.8 Å². The summed E-state index contributed by atoms with van der Waals surface area (Å²) in [5.74, 6) is -2.30. The van der Waals surface area contributed by atoms with Gasteiger partial charge in [-0.05, 0) is 6.92 Å². The van der Waals surface area contributed by atoms with E-state index in [1.54, 1.807) is 0 Å². The lowest BCUT2D eigenvalue weighted by atomic mass is 10.3. The second kappa shape index (κ2) is 6.28. The van der Waals surface area contributed by atoms with Crippen LogP contribution in [-0.4, -0.2) is 45.4 Å². The normalized spacial score (nSPS) is 11.4. The molecule has 0 saturated heterocycles. The molecule has 8 nitrogen and oxygen atoms in total. The van der Waals surface area contributed by atoms with Crippen LogP contribution in [0.5, 0.6) is 0 Å². The Balaban J connectivity index is 2.40. The number of amides is 2. The molecular weight excluding hydrogens is 240 g/mol. The molecule has 0 radical (unpaired) electrons. The number of hydrogen-bond acceptors (Lipinski definition) is 5. The van der Waals surface area contributed by atoms with Gasteiger partial charge >= 0.3 is 5.97 Å². The van der Waals surface area contributed by atoms with Crippen LogP contribution in [0.15, 0.2) is 18.6 Å². The summed E-state index contributed by atoms with van der Waals surface area (Å²) in [6, 6.07) is -1.01. The molecule has 1 heterocycles. The van der Waals surface area contributed by atoms with Crippen LogP contribution < -0.4 is 10.6 Å². The highest BCUT2D eigenvalue weighted by atomic mass is 16.4. The van der Waals surface area contributed by atoms with Crippen molar-refractivity contribution in [1.29, 1.82) is 0 Å². The van der Waals surface area contributed by atoms with Crippen molar-refractivity contribution in [2.75, 3.05) is 6.54 Å².